The lowest BCUT2D eigenvalue weighted by molar-refractivity contribution is -0.0143. The third kappa shape index (κ3) is 1.55. The highest BCUT2D eigenvalue weighted by atomic mass is 19.1. The summed E-state index contributed by atoms with van der Waals surface area (Å²) >= 11 is 0. The van der Waals surface area contributed by atoms with Crippen molar-refractivity contribution in [2.24, 2.45) is 0 Å². The zero-order chi connectivity index (χ0) is 11.2. The molecule has 2 aliphatic heterocycles. The molecule has 1 aromatic carbocycles. The summed E-state index contributed by atoms with van der Waals surface area (Å²) in [5.41, 5.74) is -0.504. The van der Waals surface area contributed by atoms with Crippen LogP contribution < -0.4 is 5.32 Å². The Morgan fingerprint density at radius 3 is 2.44 bits per heavy atom. The molecule has 2 aliphatic rings. The molecule has 0 aliphatic carbocycles. The molecule has 0 amide bonds. The average Bonchev–Trinajstić information content (AvgIpc) is 2.59. The van der Waals surface area contributed by atoms with E-state index < -0.39 is 5.60 Å². The Hall–Kier alpha value is -0.930. The highest BCUT2D eigenvalue weighted by molar-refractivity contribution is 5.26. The number of halogens is 1. The van der Waals surface area contributed by atoms with Gasteiger partial charge in [-0.2, -0.15) is 0 Å². The van der Waals surface area contributed by atoms with E-state index in [4.69, 9.17) is 0 Å². The second-order valence-electron chi connectivity index (χ2n) is 5.06. The maximum Gasteiger partial charge on any atom is 0.129 e. The van der Waals surface area contributed by atoms with Gasteiger partial charge >= 0.3 is 0 Å². The highest BCUT2D eigenvalue weighted by Crippen LogP contribution is 2.41. The van der Waals surface area contributed by atoms with Crippen molar-refractivity contribution < 1.29 is 9.50 Å². The Labute approximate surface area is 94.5 Å². The number of fused-ring (bicyclic) bond motifs is 2. The smallest absolute Gasteiger partial charge is 0.129 e. The van der Waals surface area contributed by atoms with Crippen molar-refractivity contribution >= 4 is 0 Å². The van der Waals surface area contributed by atoms with Gasteiger partial charge in [0.2, 0.25) is 0 Å². The first-order valence-corrected chi connectivity index (χ1v) is 5.91. The summed E-state index contributed by atoms with van der Waals surface area (Å²) in [5, 5.41) is 14.1. The molecule has 2 unspecified atom stereocenters. The second-order valence-corrected chi connectivity index (χ2v) is 5.06. The number of aliphatic hydroxyl groups is 1. The van der Waals surface area contributed by atoms with Crippen LogP contribution in [0.5, 0.6) is 0 Å². The number of hydrogen-bond donors (Lipinski definition) is 2. The van der Waals surface area contributed by atoms with Crippen molar-refractivity contribution in [3.05, 3.63) is 35.6 Å². The number of nitrogens with one attached hydrogen (secondary N) is 1. The van der Waals surface area contributed by atoms with Crippen molar-refractivity contribution in [2.45, 2.75) is 43.4 Å². The van der Waals surface area contributed by atoms with Crippen LogP contribution in [0.3, 0.4) is 0 Å². The molecule has 2 bridgehead atoms. The molecule has 2 heterocycles. The number of piperidine rings is 1. The van der Waals surface area contributed by atoms with Gasteiger partial charge in [0.1, 0.15) is 5.82 Å². The number of rotatable bonds is 1. The number of benzene rings is 1. The largest absolute Gasteiger partial charge is 0.385 e. The van der Waals surface area contributed by atoms with E-state index in [1.54, 1.807) is 18.2 Å². The first-order valence-electron chi connectivity index (χ1n) is 5.91. The van der Waals surface area contributed by atoms with Crippen LogP contribution in [0.1, 0.15) is 31.2 Å². The molecule has 0 saturated carbocycles. The summed E-state index contributed by atoms with van der Waals surface area (Å²) in [5.74, 6) is -0.286. The van der Waals surface area contributed by atoms with Crippen LogP contribution in [0, 0.1) is 5.82 Å². The van der Waals surface area contributed by atoms with Crippen molar-refractivity contribution in [3.63, 3.8) is 0 Å². The topological polar surface area (TPSA) is 32.3 Å². The van der Waals surface area contributed by atoms with E-state index in [1.807, 2.05) is 0 Å². The second kappa shape index (κ2) is 3.54. The summed E-state index contributed by atoms with van der Waals surface area (Å²) in [7, 11) is 0. The Bertz CT molecular complexity index is 395. The number of hydrogen-bond acceptors (Lipinski definition) is 2. The van der Waals surface area contributed by atoms with Crippen molar-refractivity contribution in [3.8, 4) is 0 Å². The van der Waals surface area contributed by atoms with E-state index >= 15 is 0 Å². The minimum absolute atomic E-state index is 0.286. The third-order valence-corrected chi connectivity index (χ3v) is 3.88. The maximum atomic E-state index is 13.7. The predicted octanol–water partition coefficient (Wildman–Crippen LogP) is 1.93. The first kappa shape index (κ1) is 10.2. The van der Waals surface area contributed by atoms with Gasteiger partial charge in [0.05, 0.1) is 5.60 Å². The monoisotopic (exact) mass is 221 g/mol. The van der Waals surface area contributed by atoms with Gasteiger partial charge in [-0.1, -0.05) is 18.2 Å². The minimum Gasteiger partial charge on any atom is -0.385 e. The fraction of sp³-hybridized carbons (Fsp3) is 0.538. The highest BCUT2D eigenvalue weighted by Gasteiger charge is 2.44. The first-order chi connectivity index (χ1) is 7.67. The standard InChI is InChI=1S/C13H16FNO/c14-12-4-2-1-3-11(12)13(16)7-9-5-6-10(8-13)15-9/h1-4,9-10,15-16H,5-8H2. The van der Waals surface area contributed by atoms with E-state index in [0.717, 1.165) is 12.8 Å². The lowest BCUT2D eigenvalue weighted by Crippen LogP contribution is -2.47. The van der Waals surface area contributed by atoms with Gasteiger partial charge in [-0.25, -0.2) is 4.39 Å². The van der Waals surface area contributed by atoms with Crippen LogP contribution >= 0.6 is 0 Å². The van der Waals surface area contributed by atoms with Crippen LogP contribution in [-0.2, 0) is 5.60 Å². The summed E-state index contributed by atoms with van der Waals surface area (Å²) in [4.78, 5) is 0. The van der Waals surface area contributed by atoms with E-state index in [2.05, 4.69) is 5.32 Å². The molecule has 1 aromatic rings. The molecule has 86 valence electrons. The molecule has 0 spiro atoms. The molecule has 3 heteroatoms. The van der Waals surface area contributed by atoms with Crippen LogP contribution in [0.4, 0.5) is 4.39 Å². The van der Waals surface area contributed by atoms with Crippen LogP contribution in [0.15, 0.2) is 24.3 Å². The van der Waals surface area contributed by atoms with Gasteiger partial charge < -0.3 is 10.4 Å². The molecule has 2 nitrogen and oxygen atoms in total. The lowest BCUT2D eigenvalue weighted by atomic mass is 9.81. The molecule has 2 fully saturated rings. The van der Waals surface area contributed by atoms with Crippen molar-refractivity contribution in [2.75, 3.05) is 0 Å². The van der Waals surface area contributed by atoms with Crippen LogP contribution in [-0.4, -0.2) is 17.2 Å². The molecule has 0 aromatic heterocycles. The third-order valence-electron chi connectivity index (χ3n) is 3.88. The fourth-order valence-corrected chi connectivity index (χ4v) is 3.18. The lowest BCUT2D eigenvalue weighted by Gasteiger charge is -2.37. The summed E-state index contributed by atoms with van der Waals surface area (Å²) in [6.07, 6.45) is 3.46. The van der Waals surface area contributed by atoms with Crippen molar-refractivity contribution in [1.29, 1.82) is 0 Å². The summed E-state index contributed by atoms with van der Waals surface area (Å²) in [6.45, 7) is 0. The molecule has 2 atom stereocenters. The van der Waals surface area contributed by atoms with Crippen LogP contribution in [0.2, 0.25) is 0 Å². The molecule has 3 rings (SSSR count). The van der Waals surface area contributed by atoms with Gasteiger partial charge in [0.15, 0.2) is 0 Å². The Morgan fingerprint density at radius 1 is 1.19 bits per heavy atom. The van der Waals surface area contributed by atoms with Gasteiger partial charge in [-0.05, 0) is 31.7 Å². The van der Waals surface area contributed by atoms with Gasteiger partial charge in [-0.3, -0.25) is 0 Å². The molecular formula is C13H16FNO. The molecule has 2 saturated heterocycles. The van der Waals surface area contributed by atoms with Gasteiger partial charge in [0, 0.05) is 17.6 Å². The Morgan fingerprint density at radius 2 is 1.81 bits per heavy atom. The molecule has 0 radical (unpaired) electrons. The molecule has 2 N–H and O–H groups in total. The van der Waals surface area contributed by atoms with E-state index in [1.165, 1.54) is 6.07 Å². The van der Waals surface area contributed by atoms with E-state index in [9.17, 15) is 9.50 Å². The zero-order valence-corrected chi connectivity index (χ0v) is 9.12. The molecular weight excluding hydrogens is 205 g/mol. The van der Waals surface area contributed by atoms with Gasteiger partial charge in [0.25, 0.3) is 0 Å². The Kier molecular flexibility index (Phi) is 2.26. The van der Waals surface area contributed by atoms with Crippen LogP contribution in [0.25, 0.3) is 0 Å². The summed E-state index contributed by atoms with van der Waals surface area (Å²) in [6, 6.07) is 7.29. The zero-order valence-electron chi connectivity index (χ0n) is 9.12. The van der Waals surface area contributed by atoms with E-state index in [0.29, 0.717) is 30.5 Å². The normalized spacial score (nSPS) is 37.6. The maximum absolute atomic E-state index is 13.7. The quantitative estimate of drug-likeness (QED) is 0.759. The van der Waals surface area contributed by atoms with E-state index in [-0.39, 0.29) is 5.82 Å². The minimum atomic E-state index is -0.970. The summed E-state index contributed by atoms with van der Waals surface area (Å²) < 4.78 is 13.7. The average molecular weight is 221 g/mol. The van der Waals surface area contributed by atoms with Gasteiger partial charge in [-0.15, -0.1) is 0 Å². The van der Waals surface area contributed by atoms with Crippen molar-refractivity contribution in [1.82, 2.24) is 5.32 Å². The predicted molar refractivity (Wildman–Crippen MR) is 59.5 cm³/mol. The molecule has 16 heavy (non-hydrogen) atoms. The SMILES string of the molecule is OC1(c2ccccc2F)CC2CCC(C1)N2. The Balaban J connectivity index is 1.96. The fourth-order valence-electron chi connectivity index (χ4n) is 3.18.